The molecule has 0 aromatic carbocycles. The van der Waals surface area contributed by atoms with Crippen molar-refractivity contribution in [3.8, 4) is 0 Å². The molecule has 3 aliphatic heterocycles. The second-order valence-corrected chi connectivity index (χ2v) is 7.33. The van der Waals surface area contributed by atoms with Crippen molar-refractivity contribution in [2.75, 3.05) is 19.6 Å². The maximum absolute atomic E-state index is 11.3. The summed E-state index contributed by atoms with van der Waals surface area (Å²) < 4.78 is 1.05. The average Bonchev–Trinajstić information content (AvgIpc) is 2.79. The minimum Gasteiger partial charge on any atom is -0.477 e. The molecule has 2 fully saturated rings. The van der Waals surface area contributed by atoms with Gasteiger partial charge >= 0.3 is 5.97 Å². The molecule has 2 saturated heterocycles. The number of carbonyl (C=O) groups is 1. The van der Waals surface area contributed by atoms with Gasteiger partial charge in [-0.25, -0.2) is 4.79 Å². The van der Waals surface area contributed by atoms with Crippen molar-refractivity contribution in [1.29, 1.82) is 0 Å². The van der Waals surface area contributed by atoms with Crippen LogP contribution in [0.15, 0.2) is 9.28 Å². The Balaban J connectivity index is 1.77. The predicted octanol–water partition coefficient (Wildman–Crippen LogP) is 1.27. The molecule has 17 heavy (non-hydrogen) atoms. The fraction of sp³-hybridized carbons (Fsp3) is 0.727. The smallest absolute Gasteiger partial charge is 0.352 e. The third kappa shape index (κ3) is 1.98. The largest absolute Gasteiger partial charge is 0.477 e. The van der Waals surface area contributed by atoms with Gasteiger partial charge in [0.05, 0.1) is 5.25 Å². The summed E-state index contributed by atoms with van der Waals surface area (Å²) in [6.07, 6.45) is 2.35. The van der Waals surface area contributed by atoms with Crippen LogP contribution in [-0.2, 0) is 4.79 Å². The minimum absolute atomic E-state index is 0.389. The van der Waals surface area contributed by atoms with E-state index in [1.165, 1.54) is 6.42 Å². The van der Waals surface area contributed by atoms with Crippen LogP contribution in [0.5, 0.6) is 0 Å². The minimum atomic E-state index is -0.758. The van der Waals surface area contributed by atoms with Gasteiger partial charge < -0.3 is 15.3 Å². The quantitative estimate of drug-likeness (QED) is 0.737. The van der Waals surface area contributed by atoms with Gasteiger partial charge in [0.25, 0.3) is 0 Å². The zero-order valence-electron chi connectivity index (χ0n) is 9.36. The highest BCUT2D eigenvalue weighted by atomic mass is 127. The summed E-state index contributed by atoms with van der Waals surface area (Å²) in [5.74, 6) is -0.758. The number of thioether (sulfide) groups is 1. The van der Waals surface area contributed by atoms with Crippen LogP contribution in [0, 0.1) is 0 Å². The van der Waals surface area contributed by atoms with E-state index in [9.17, 15) is 9.90 Å². The Kier molecular flexibility index (Phi) is 3.29. The normalized spacial score (nSPS) is 36.1. The van der Waals surface area contributed by atoms with E-state index in [1.54, 1.807) is 0 Å². The standard InChI is InChI=1S/C11H15IN2O2S/c12-8-9(11(15)16)14-4-2-7(14)10(8)17-6-1-3-13-5-6/h6-7,10,13H,1-5H2,(H,15,16). The van der Waals surface area contributed by atoms with Gasteiger partial charge in [-0.1, -0.05) is 0 Å². The first-order chi connectivity index (χ1) is 8.18. The van der Waals surface area contributed by atoms with E-state index in [1.807, 2.05) is 11.8 Å². The molecule has 0 saturated carbocycles. The van der Waals surface area contributed by atoms with Gasteiger partial charge in [-0.3, -0.25) is 0 Å². The highest BCUT2D eigenvalue weighted by Gasteiger charge is 2.48. The lowest BCUT2D eigenvalue weighted by molar-refractivity contribution is -0.135. The Morgan fingerprint density at radius 2 is 2.35 bits per heavy atom. The van der Waals surface area contributed by atoms with Gasteiger partial charge in [0.2, 0.25) is 0 Å². The number of carboxylic acid groups (broad SMARTS) is 1. The van der Waals surface area contributed by atoms with Crippen LogP contribution in [0.2, 0.25) is 0 Å². The number of aliphatic carboxylic acids is 1. The van der Waals surface area contributed by atoms with Crippen molar-refractivity contribution in [3.05, 3.63) is 9.28 Å². The SMILES string of the molecule is O=C(O)C1=C(I)C(SC2CCNC2)C2CCN12. The molecule has 0 radical (unpaired) electrons. The third-order valence-electron chi connectivity index (χ3n) is 3.74. The number of hydrogen-bond acceptors (Lipinski definition) is 4. The molecule has 0 aromatic rings. The zero-order valence-corrected chi connectivity index (χ0v) is 12.3. The first-order valence-electron chi connectivity index (χ1n) is 5.94. The van der Waals surface area contributed by atoms with Crippen molar-refractivity contribution < 1.29 is 9.90 Å². The molecule has 3 aliphatic rings. The Bertz CT molecular complexity index is 382. The van der Waals surface area contributed by atoms with Crippen LogP contribution < -0.4 is 5.32 Å². The van der Waals surface area contributed by atoms with Gasteiger partial charge in [-0.15, -0.1) is 11.8 Å². The van der Waals surface area contributed by atoms with E-state index in [2.05, 4.69) is 32.8 Å². The molecule has 3 atom stereocenters. The van der Waals surface area contributed by atoms with Crippen LogP contribution >= 0.6 is 34.4 Å². The summed E-state index contributed by atoms with van der Waals surface area (Å²) in [5, 5.41) is 13.7. The van der Waals surface area contributed by atoms with Gasteiger partial charge in [-0.2, -0.15) is 0 Å². The van der Waals surface area contributed by atoms with E-state index >= 15 is 0 Å². The molecule has 4 nitrogen and oxygen atoms in total. The van der Waals surface area contributed by atoms with Crippen molar-refractivity contribution in [2.24, 2.45) is 0 Å². The van der Waals surface area contributed by atoms with Crippen LogP contribution in [0.25, 0.3) is 0 Å². The highest BCUT2D eigenvalue weighted by Crippen LogP contribution is 2.47. The molecular formula is C11H15IN2O2S. The Morgan fingerprint density at radius 3 is 2.82 bits per heavy atom. The zero-order chi connectivity index (χ0) is 12.0. The lowest BCUT2D eigenvalue weighted by atomic mass is 10.0. The summed E-state index contributed by atoms with van der Waals surface area (Å²) in [7, 11) is 0. The van der Waals surface area contributed by atoms with E-state index < -0.39 is 5.97 Å². The molecular weight excluding hydrogens is 351 g/mol. The second kappa shape index (κ2) is 4.62. The van der Waals surface area contributed by atoms with Crippen molar-refractivity contribution in [1.82, 2.24) is 10.2 Å². The van der Waals surface area contributed by atoms with E-state index in [0.717, 1.165) is 29.6 Å². The lowest BCUT2D eigenvalue weighted by Crippen LogP contribution is -2.48. The molecule has 94 valence electrons. The van der Waals surface area contributed by atoms with E-state index in [-0.39, 0.29) is 0 Å². The predicted molar refractivity (Wildman–Crippen MR) is 76.4 cm³/mol. The Morgan fingerprint density at radius 1 is 1.53 bits per heavy atom. The molecule has 2 N–H and O–H groups in total. The fourth-order valence-electron chi connectivity index (χ4n) is 2.77. The number of fused-ring (bicyclic) bond motifs is 1. The van der Waals surface area contributed by atoms with Crippen molar-refractivity contribution >= 4 is 40.3 Å². The molecule has 0 amide bonds. The monoisotopic (exact) mass is 366 g/mol. The van der Waals surface area contributed by atoms with E-state index in [0.29, 0.717) is 22.2 Å². The van der Waals surface area contributed by atoms with Crippen molar-refractivity contribution in [2.45, 2.75) is 29.4 Å². The van der Waals surface area contributed by atoms with Crippen molar-refractivity contribution in [3.63, 3.8) is 0 Å². The maximum Gasteiger partial charge on any atom is 0.352 e. The number of rotatable bonds is 3. The van der Waals surface area contributed by atoms with Gasteiger partial charge in [0.1, 0.15) is 5.70 Å². The van der Waals surface area contributed by atoms with Gasteiger partial charge in [-0.05, 0) is 42.0 Å². The van der Waals surface area contributed by atoms with Gasteiger partial charge in [0, 0.05) is 28.0 Å². The molecule has 6 heteroatoms. The van der Waals surface area contributed by atoms with Gasteiger partial charge in [0.15, 0.2) is 0 Å². The molecule has 3 rings (SSSR count). The second-order valence-electron chi connectivity index (χ2n) is 4.72. The van der Waals surface area contributed by atoms with E-state index in [4.69, 9.17) is 0 Å². The molecule has 3 unspecified atom stereocenters. The summed E-state index contributed by atoms with van der Waals surface area (Å²) in [4.78, 5) is 13.3. The summed E-state index contributed by atoms with van der Waals surface area (Å²) in [5.41, 5.74) is 0.560. The molecule has 0 spiro atoms. The summed E-state index contributed by atoms with van der Waals surface area (Å²) >= 11 is 4.22. The number of halogens is 1. The van der Waals surface area contributed by atoms with Crippen LogP contribution in [0.3, 0.4) is 0 Å². The Labute approximate surface area is 118 Å². The number of nitrogens with zero attached hydrogens (tertiary/aromatic N) is 1. The first-order valence-corrected chi connectivity index (χ1v) is 7.96. The highest BCUT2D eigenvalue weighted by molar-refractivity contribution is 14.1. The molecule has 0 bridgehead atoms. The first kappa shape index (κ1) is 12.1. The average molecular weight is 366 g/mol. The number of hydrogen-bond donors (Lipinski definition) is 2. The number of nitrogens with one attached hydrogen (secondary N) is 1. The Hall–Kier alpha value is 0.0500. The molecule has 0 aliphatic carbocycles. The van der Waals surface area contributed by atoms with Crippen LogP contribution in [-0.4, -0.2) is 52.2 Å². The summed E-state index contributed by atoms with van der Waals surface area (Å²) in [6, 6.07) is 0.443. The van der Waals surface area contributed by atoms with Crippen LogP contribution in [0.4, 0.5) is 0 Å². The topological polar surface area (TPSA) is 52.6 Å². The molecule has 3 heterocycles. The third-order valence-corrected chi connectivity index (χ3v) is 6.97. The number of carboxylic acids is 1. The fourth-order valence-corrected chi connectivity index (χ4v) is 5.74. The van der Waals surface area contributed by atoms with Crippen LogP contribution in [0.1, 0.15) is 12.8 Å². The maximum atomic E-state index is 11.3. The lowest BCUT2D eigenvalue weighted by Gasteiger charge is -2.40. The summed E-state index contributed by atoms with van der Waals surface area (Å²) in [6.45, 7) is 3.09. The molecule has 0 aromatic heterocycles.